The fourth-order valence-electron chi connectivity index (χ4n) is 2.92. The lowest BCUT2D eigenvalue weighted by atomic mass is 9.91. The van der Waals surface area contributed by atoms with E-state index in [0.29, 0.717) is 6.04 Å². The van der Waals surface area contributed by atoms with Crippen LogP contribution >= 0.6 is 0 Å². The van der Waals surface area contributed by atoms with Crippen molar-refractivity contribution in [2.45, 2.75) is 45.2 Å². The van der Waals surface area contributed by atoms with E-state index in [1.807, 2.05) is 6.07 Å². The number of hydrogen-bond donors (Lipinski definition) is 1. The van der Waals surface area contributed by atoms with Crippen molar-refractivity contribution in [1.82, 2.24) is 4.90 Å². The van der Waals surface area contributed by atoms with E-state index in [1.165, 1.54) is 12.0 Å². The summed E-state index contributed by atoms with van der Waals surface area (Å²) in [6.45, 7) is 7.31. The number of nitrogens with zero attached hydrogens (tertiary/aromatic N) is 1. The van der Waals surface area contributed by atoms with Gasteiger partial charge in [0.15, 0.2) is 0 Å². The van der Waals surface area contributed by atoms with Gasteiger partial charge in [-0.2, -0.15) is 0 Å². The van der Waals surface area contributed by atoms with Crippen LogP contribution in [0.1, 0.15) is 44.7 Å². The van der Waals surface area contributed by atoms with E-state index < -0.39 is 0 Å². The molecule has 2 rings (SSSR count). The maximum atomic E-state index is 6.34. The Morgan fingerprint density at radius 3 is 2.95 bits per heavy atom. The molecule has 3 heteroatoms. The van der Waals surface area contributed by atoms with E-state index >= 15 is 0 Å². The third kappa shape index (κ3) is 3.48. The van der Waals surface area contributed by atoms with Crippen LogP contribution in [0.25, 0.3) is 0 Å². The zero-order valence-corrected chi connectivity index (χ0v) is 12.1. The van der Waals surface area contributed by atoms with Gasteiger partial charge in [-0.15, -0.1) is 0 Å². The van der Waals surface area contributed by atoms with Gasteiger partial charge in [0.2, 0.25) is 0 Å². The van der Waals surface area contributed by atoms with Gasteiger partial charge in [-0.05, 0) is 50.0 Å². The Balaban J connectivity index is 2.18. The number of likely N-dealkylation sites (tertiary alicyclic amines) is 1. The molecular formula is C16H26N2O. The number of ether oxygens (including phenoxy) is 1. The molecule has 0 spiro atoms. The molecule has 1 heterocycles. The molecule has 3 nitrogen and oxygen atoms in total. The maximum absolute atomic E-state index is 6.34. The Labute approximate surface area is 116 Å². The molecule has 2 unspecified atom stereocenters. The van der Waals surface area contributed by atoms with Crippen molar-refractivity contribution >= 4 is 0 Å². The average molecular weight is 262 g/mol. The Bertz CT molecular complexity index is 394. The van der Waals surface area contributed by atoms with Crippen LogP contribution < -0.4 is 10.5 Å². The van der Waals surface area contributed by atoms with Crippen LogP contribution in [-0.2, 0) is 0 Å². The molecule has 1 aliphatic rings. The van der Waals surface area contributed by atoms with Gasteiger partial charge in [-0.25, -0.2) is 0 Å². The predicted molar refractivity (Wildman–Crippen MR) is 79.4 cm³/mol. The number of hydrogen-bond acceptors (Lipinski definition) is 3. The van der Waals surface area contributed by atoms with Crippen molar-refractivity contribution in [1.29, 1.82) is 0 Å². The van der Waals surface area contributed by atoms with Crippen LogP contribution in [0.15, 0.2) is 24.3 Å². The molecular weight excluding hydrogens is 236 g/mol. The Morgan fingerprint density at radius 2 is 2.21 bits per heavy atom. The number of benzene rings is 1. The number of piperidine rings is 1. The van der Waals surface area contributed by atoms with Crippen LogP contribution in [0.5, 0.6) is 5.75 Å². The van der Waals surface area contributed by atoms with Crippen molar-refractivity contribution < 1.29 is 4.74 Å². The van der Waals surface area contributed by atoms with Crippen LogP contribution in [-0.4, -0.2) is 30.6 Å². The first kappa shape index (κ1) is 14.4. The second-order valence-corrected chi connectivity index (χ2v) is 5.30. The number of nitrogens with two attached hydrogens (primary N) is 1. The summed E-state index contributed by atoms with van der Waals surface area (Å²) in [6, 6.07) is 9.02. The molecule has 2 N–H and O–H groups in total. The third-order valence-electron chi connectivity index (χ3n) is 3.86. The van der Waals surface area contributed by atoms with E-state index in [9.17, 15) is 0 Å². The molecule has 2 atom stereocenters. The Morgan fingerprint density at radius 1 is 1.37 bits per heavy atom. The average Bonchev–Trinajstić information content (AvgIpc) is 2.45. The molecule has 1 aromatic rings. The fraction of sp³-hybridized carbons (Fsp3) is 0.625. The van der Waals surface area contributed by atoms with E-state index in [0.717, 1.165) is 38.3 Å². The molecule has 0 radical (unpaired) electrons. The quantitative estimate of drug-likeness (QED) is 0.886. The standard InChI is InChI=1S/C16H26N2O/c1-3-11-19-14-8-5-7-13(12-14)16-15(17)9-6-10-18(16)4-2/h5,7-8,12,15-16H,3-4,6,9-11,17H2,1-2H3. The van der Waals surface area contributed by atoms with Gasteiger partial charge in [-0.3, -0.25) is 4.90 Å². The maximum Gasteiger partial charge on any atom is 0.119 e. The van der Waals surface area contributed by atoms with Crippen LogP contribution in [0.3, 0.4) is 0 Å². The van der Waals surface area contributed by atoms with Crippen molar-refractivity contribution in [3.8, 4) is 5.75 Å². The fourth-order valence-corrected chi connectivity index (χ4v) is 2.92. The summed E-state index contributed by atoms with van der Waals surface area (Å²) >= 11 is 0. The van der Waals surface area contributed by atoms with Gasteiger partial charge in [-0.1, -0.05) is 26.0 Å². The predicted octanol–water partition coefficient (Wildman–Crippen LogP) is 2.96. The molecule has 0 bridgehead atoms. The molecule has 0 saturated carbocycles. The highest BCUT2D eigenvalue weighted by Crippen LogP contribution is 2.31. The van der Waals surface area contributed by atoms with E-state index in [1.54, 1.807) is 0 Å². The Kier molecular flexibility index (Phi) is 5.23. The smallest absolute Gasteiger partial charge is 0.119 e. The highest BCUT2D eigenvalue weighted by molar-refractivity contribution is 5.31. The van der Waals surface area contributed by atoms with Gasteiger partial charge in [0.25, 0.3) is 0 Å². The topological polar surface area (TPSA) is 38.5 Å². The summed E-state index contributed by atoms with van der Waals surface area (Å²) < 4.78 is 5.73. The van der Waals surface area contributed by atoms with Gasteiger partial charge < -0.3 is 10.5 Å². The monoisotopic (exact) mass is 262 g/mol. The van der Waals surface area contributed by atoms with Gasteiger partial charge >= 0.3 is 0 Å². The first-order valence-electron chi connectivity index (χ1n) is 7.48. The van der Waals surface area contributed by atoms with E-state index in [4.69, 9.17) is 10.5 Å². The van der Waals surface area contributed by atoms with Crippen molar-refractivity contribution in [3.63, 3.8) is 0 Å². The van der Waals surface area contributed by atoms with Gasteiger partial charge in [0.05, 0.1) is 6.61 Å². The summed E-state index contributed by atoms with van der Waals surface area (Å²) in [6.07, 6.45) is 3.35. The molecule has 19 heavy (non-hydrogen) atoms. The van der Waals surface area contributed by atoms with Crippen molar-refractivity contribution in [2.75, 3.05) is 19.7 Å². The normalized spacial score (nSPS) is 24.4. The molecule has 1 aliphatic heterocycles. The highest BCUT2D eigenvalue weighted by Gasteiger charge is 2.29. The van der Waals surface area contributed by atoms with Gasteiger partial charge in [0, 0.05) is 12.1 Å². The van der Waals surface area contributed by atoms with E-state index in [2.05, 4.69) is 36.9 Å². The third-order valence-corrected chi connectivity index (χ3v) is 3.86. The zero-order valence-electron chi connectivity index (χ0n) is 12.1. The summed E-state index contributed by atoms with van der Waals surface area (Å²) in [4.78, 5) is 2.48. The lowest BCUT2D eigenvalue weighted by molar-refractivity contribution is 0.135. The largest absolute Gasteiger partial charge is 0.494 e. The molecule has 1 fully saturated rings. The molecule has 106 valence electrons. The number of rotatable bonds is 5. The SMILES string of the molecule is CCCOc1cccc(C2C(N)CCCN2CC)c1. The molecule has 0 amide bonds. The van der Waals surface area contributed by atoms with Crippen LogP contribution in [0.2, 0.25) is 0 Å². The minimum atomic E-state index is 0.232. The molecule has 1 saturated heterocycles. The minimum Gasteiger partial charge on any atom is -0.494 e. The minimum absolute atomic E-state index is 0.232. The second-order valence-electron chi connectivity index (χ2n) is 5.30. The lowest BCUT2D eigenvalue weighted by Crippen LogP contribution is -2.45. The molecule has 0 aliphatic carbocycles. The van der Waals surface area contributed by atoms with Crippen molar-refractivity contribution in [3.05, 3.63) is 29.8 Å². The van der Waals surface area contributed by atoms with E-state index in [-0.39, 0.29) is 6.04 Å². The van der Waals surface area contributed by atoms with Crippen molar-refractivity contribution in [2.24, 2.45) is 5.73 Å². The summed E-state index contributed by atoms with van der Waals surface area (Å²) in [5.74, 6) is 0.966. The first-order chi connectivity index (χ1) is 9.26. The summed E-state index contributed by atoms with van der Waals surface area (Å²) in [7, 11) is 0. The summed E-state index contributed by atoms with van der Waals surface area (Å²) in [5, 5.41) is 0. The highest BCUT2D eigenvalue weighted by atomic mass is 16.5. The first-order valence-corrected chi connectivity index (χ1v) is 7.48. The zero-order chi connectivity index (χ0) is 13.7. The van der Waals surface area contributed by atoms with Crippen LogP contribution in [0, 0.1) is 0 Å². The summed E-state index contributed by atoms with van der Waals surface area (Å²) in [5.41, 5.74) is 7.64. The number of likely N-dealkylation sites (N-methyl/N-ethyl adjacent to an activating group) is 1. The Hall–Kier alpha value is -1.06. The van der Waals surface area contributed by atoms with Crippen LogP contribution in [0.4, 0.5) is 0 Å². The molecule has 1 aromatic carbocycles. The second kappa shape index (κ2) is 6.92. The lowest BCUT2D eigenvalue weighted by Gasteiger charge is -2.39. The van der Waals surface area contributed by atoms with Gasteiger partial charge in [0.1, 0.15) is 5.75 Å². The molecule has 0 aromatic heterocycles.